The van der Waals surface area contributed by atoms with Crippen molar-refractivity contribution in [1.29, 1.82) is 0 Å². The molecule has 1 fully saturated rings. The number of amides is 1. The number of carbonyl (C=O) groups is 1. The van der Waals surface area contributed by atoms with Crippen molar-refractivity contribution in [3.8, 4) is 0 Å². The van der Waals surface area contributed by atoms with Gasteiger partial charge in [-0.25, -0.2) is 0 Å². The number of likely N-dealkylation sites (tertiary alicyclic amines) is 1. The molecule has 2 aromatic rings. The third-order valence-corrected chi connectivity index (χ3v) is 8.12. The molecule has 1 atom stereocenters. The molecule has 0 spiro atoms. The second-order valence-corrected chi connectivity index (χ2v) is 12.5. The Hall–Kier alpha value is -2.15. The van der Waals surface area contributed by atoms with Crippen LogP contribution in [0.5, 0.6) is 0 Å². The summed E-state index contributed by atoms with van der Waals surface area (Å²) in [5.74, 6) is 0.547. The van der Waals surface area contributed by atoms with Crippen molar-refractivity contribution in [3.63, 3.8) is 0 Å². The molecule has 2 aromatic carbocycles. The van der Waals surface area contributed by atoms with Crippen LogP contribution in [0, 0.1) is 0 Å². The van der Waals surface area contributed by atoms with E-state index in [2.05, 4.69) is 35.6 Å². The number of hydrogen-bond acceptors (Lipinski definition) is 4. The number of hydrogen-bond donors (Lipinski definition) is 3. The highest BCUT2D eigenvalue weighted by Gasteiger charge is 2.35. The fraction of sp³-hybridized carbons (Fsp3) is 0.435. The van der Waals surface area contributed by atoms with Crippen molar-refractivity contribution >= 4 is 25.1 Å². The number of rotatable bonds is 4. The Kier molecular flexibility index (Phi) is 5.51. The molecule has 154 valence electrons. The van der Waals surface area contributed by atoms with Gasteiger partial charge in [0.15, 0.2) is 0 Å². The summed E-state index contributed by atoms with van der Waals surface area (Å²) in [6, 6.07) is 14.6. The van der Waals surface area contributed by atoms with Gasteiger partial charge in [0.2, 0.25) is 14.2 Å². The van der Waals surface area contributed by atoms with Gasteiger partial charge in [-0.05, 0) is 59.8 Å². The Labute approximate surface area is 174 Å². The fourth-order valence-corrected chi connectivity index (χ4v) is 5.56. The van der Waals surface area contributed by atoms with Crippen LogP contribution in [-0.2, 0) is 11.3 Å². The maximum atomic E-state index is 13.3. The van der Waals surface area contributed by atoms with Gasteiger partial charge in [-0.15, -0.1) is 0 Å². The number of benzene rings is 2. The zero-order valence-corrected chi connectivity index (χ0v) is 18.3. The first-order valence-corrected chi connectivity index (χ1v) is 13.5. The van der Waals surface area contributed by atoms with E-state index in [1.165, 1.54) is 11.1 Å². The summed E-state index contributed by atoms with van der Waals surface area (Å²) in [6.07, 6.45) is 1.98. The highest BCUT2D eigenvalue weighted by atomic mass is 28.4. The van der Waals surface area contributed by atoms with Crippen LogP contribution in [-0.4, -0.2) is 43.6 Å². The number of fused-ring (bicyclic) bond motifs is 1. The van der Waals surface area contributed by atoms with Crippen LogP contribution >= 0.6 is 0 Å². The van der Waals surface area contributed by atoms with E-state index >= 15 is 0 Å². The Bertz CT molecular complexity index is 901. The van der Waals surface area contributed by atoms with Crippen molar-refractivity contribution < 1.29 is 9.59 Å². The molecule has 4 N–H and O–H groups in total. The number of nitrogens with zero attached hydrogens (tertiary/aromatic N) is 1. The van der Waals surface area contributed by atoms with Crippen LogP contribution in [0.1, 0.15) is 41.4 Å². The highest BCUT2D eigenvalue weighted by Crippen LogP contribution is 2.35. The summed E-state index contributed by atoms with van der Waals surface area (Å²) < 4.78 is 0. The molecular weight excluding hydrogens is 378 g/mol. The average molecular weight is 410 g/mol. The lowest BCUT2D eigenvalue weighted by molar-refractivity contribution is -0.133. The van der Waals surface area contributed by atoms with Gasteiger partial charge < -0.3 is 20.7 Å². The minimum Gasteiger partial charge on any atom is -0.428 e. The molecule has 1 amide bonds. The summed E-state index contributed by atoms with van der Waals surface area (Å²) in [6.45, 7) is 6.62. The predicted octanol–water partition coefficient (Wildman–Crippen LogP) is 2.46. The number of piperidine rings is 1. The van der Waals surface area contributed by atoms with Crippen LogP contribution in [0.4, 0.5) is 5.69 Å². The van der Waals surface area contributed by atoms with E-state index in [1.54, 1.807) is 0 Å². The van der Waals surface area contributed by atoms with Crippen molar-refractivity contribution in [2.24, 2.45) is 5.73 Å². The molecule has 0 aliphatic carbocycles. The number of nitrogens with one attached hydrogen (secondary N) is 1. The first kappa shape index (κ1) is 20.1. The van der Waals surface area contributed by atoms with Crippen LogP contribution in [0.25, 0.3) is 0 Å². The van der Waals surface area contributed by atoms with Crippen LogP contribution in [0.3, 0.4) is 0 Å². The highest BCUT2D eigenvalue weighted by molar-refractivity contribution is 6.83. The molecular formula is C23H31N3O2Si. The van der Waals surface area contributed by atoms with E-state index in [4.69, 9.17) is 5.73 Å². The van der Waals surface area contributed by atoms with E-state index in [0.717, 1.165) is 42.4 Å². The Balaban J connectivity index is 1.45. The smallest absolute Gasteiger partial charge is 0.231 e. The molecule has 0 aromatic heterocycles. The van der Waals surface area contributed by atoms with Gasteiger partial charge in [0.1, 0.15) is 0 Å². The molecule has 1 saturated heterocycles. The van der Waals surface area contributed by atoms with Crippen molar-refractivity contribution in [1.82, 2.24) is 4.90 Å². The summed E-state index contributed by atoms with van der Waals surface area (Å²) in [5, 5.41) is 4.35. The summed E-state index contributed by atoms with van der Waals surface area (Å²) in [4.78, 5) is 25.8. The topological polar surface area (TPSA) is 78.6 Å². The molecule has 0 saturated carbocycles. The molecule has 0 bridgehead atoms. The standard InChI is InChI=1S/C23H31N3O2Si/c1-29(2,28)19-6-7-22-20(13-19)21(15-25-22)23(27)26-10-8-17(9-11-26)18-5-3-4-16(12-18)14-24/h3-7,12-13,17,21,25,28H,8-11,14-15,24H2,1-2H3. The average Bonchev–Trinajstić information content (AvgIpc) is 3.16. The van der Waals surface area contributed by atoms with E-state index in [-0.39, 0.29) is 11.8 Å². The molecule has 5 nitrogen and oxygen atoms in total. The van der Waals surface area contributed by atoms with Gasteiger partial charge >= 0.3 is 0 Å². The second-order valence-electron chi connectivity index (χ2n) is 8.84. The minimum absolute atomic E-state index is 0.154. The lowest BCUT2D eigenvalue weighted by Crippen LogP contribution is -2.43. The molecule has 2 aliphatic heterocycles. The van der Waals surface area contributed by atoms with Gasteiger partial charge in [-0.3, -0.25) is 4.79 Å². The molecule has 4 rings (SSSR count). The molecule has 0 radical (unpaired) electrons. The first-order chi connectivity index (χ1) is 13.9. The minimum atomic E-state index is -2.40. The van der Waals surface area contributed by atoms with E-state index in [0.29, 0.717) is 19.0 Å². The second kappa shape index (κ2) is 7.93. The summed E-state index contributed by atoms with van der Waals surface area (Å²) >= 11 is 0. The van der Waals surface area contributed by atoms with Gasteiger partial charge in [0.25, 0.3) is 0 Å². The molecule has 29 heavy (non-hydrogen) atoms. The summed E-state index contributed by atoms with van der Waals surface area (Å²) in [5.41, 5.74) is 10.4. The Morgan fingerprint density at radius 2 is 1.97 bits per heavy atom. The molecule has 2 aliphatic rings. The zero-order valence-electron chi connectivity index (χ0n) is 17.3. The Morgan fingerprint density at radius 3 is 2.66 bits per heavy atom. The summed E-state index contributed by atoms with van der Waals surface area (Å²) in [7, 11) is -2.40. The maximum absolute atomic E-state index is 13.3. The molecule has 1 unspecified atom stereocenters. The van der Waals surface area contributed by atoms with Crippen molar-refractivity contribution in [2.75, 3.05) is 25.0 Å². The Morgan fingerprint density at radius 1 is 1.21 bits per heavy atom. The normalized spacial score (nSPS) is 19.7. The van der Waals surface area contributed by atoms with Crippen molar-refractivity contribution in [2.45, 2.75) is 44.3 Å². The lowest BCUT2D eigenvalue weighted by atomic mass is 9.88. The first-order valence-electron chi connectivity index (χ1n) is 10.5. The number of anilines is 1. The van der Waals surface area contributed by atoms with Crippen LogP contribution < -0.4 is 16.2 Å². The van der Waals surface area contributed by atoms with E-state index in [9.17, 15) is 9.59 Å². The zero-order chi connectivity index (χ0) is 20.6. The number of carbonyl (C=O) groups excluding carboxylic acids is 1. The van der Waals surface area contributed by atoms with Gasteiger partial charge in [0.05, 0.1) is 5.92 Å². The SMILES string of the molecule is C[Si](C)(O)c1ccc2c(c1)C(C(=O)N1CCC(c3cccc(CN)c3)CC1)CN2. The van der Waals surface area contributed by atoms with E-state index in [1.807, 2.05) is 30.1 Å². The van der Waals surface area contributed by atoms with Gasteiger partial charge in [-0.1, -0.05) is 36.4 Å². The largest absolute Gasteiger partial charge is 0.428 e. The third kappa shape index (κ3) is 4.10. The van der Waals surface area contributed by atoms with Crippen LogP contribution in [0.2, 0.25) is 13.1 Å². The van der Waals surface area contributed by atoms with Gasteiger partial charge in [0, 0.05) is 31.9 Å². The van der Waals surface area contributed by atoms with Crippen LogP contribution in [0.15, 0.2) is 42.5 Å². The van der Waals surface area contributed by atoms with Gasteiger partial charge in [-0.2, -0.15) is 0 Å². The molecule has 2 heterocycles. The third-order valence-electron chi connectivity index (χ3n) is 6.39. The molecule has 6 heteroatoms. The monoisotopic (exact) mass is 409 g/mol. The maximum Gasteiger partial charge on any atom is 0.231 e. The number of nitrogens with two attached hydrogens (primary N) is 1. The quantitative estimate of drug-likeness (QED) is 0.678. The predicted molar refractivity (Wildman–Crippen MR) is 120 cm³/mol. The van der Waals surface area contributed by atoms with Crippen molar-refractivity contribution in [3.05, 3.63) is 59.2 Å². The lowest BCUT2D eigenvalue weighted by Gasteiger charge is -2.34. The fourth-order valence-electron chi connectivity index (χ4n) is 4.56. The van der Waals surface area contributed by atoms with E-state index < -0.39 is 8.32 Å².